The van der Waals surface area contributed by atoms with Crippen LogP contribution >= 0.6 is 0 Å². The monoisotopic (exact) mass is 394 g/mol. The molecule has 0 aromatic carbocycles. The zero-order valence-corrected chi connectivity index (χ0v) is 20.9. The molecule has 0 rings (SSSR count). The van der Waals surface area contributed by atoms with E-state index in [0.717, 1.165) is 12.8 Å². The number of carbonyl (C=O) groups is 2. The quantitative estimate of drug-likeness (QED) is 0.250. The van der Waals surface area contributed by atoms with E-state index in [1.165, 1.54) is 88.4 Å². The van der Waals surface area contributed by atoms with Crippen LogP contribution in [0.3, 0.4) is 0 Å². The molecule has 0 aromatic rings. The number of carbonyl (C=O) groups excluding carboxylic acids is 1. The van der Waals surface area contributed by atoms with E-state index < -0.39 is 5.97 Å². The number of unbranched alkanes of at least 4 members (excludes halogenated alkanes) is 14. The van der Waals surface area contributed by atoms with E-state index in [4.69, 9.17) is 5.11 Å². The Kier molecular flexibility index (Phi) is 24.2. The van der Waals surface area contributed by atoms with Gasteiger partial charge in [0.05, 0.1) is 0 Å². The SMILES string of the molecule is CCCCCCCCCCCCCCCCCC(=O)N(C)CC(=O)O.[K]. The first kappa shape index (κ1) is 28.8. The van der Waals surface area contributed by atoms with Crippen molar-refractivity contribution in [3.63, 3.8) is 0 Å². The Balaban J connectivity index is 0. The minimum absolute atomic E-state index is 0. The molecule has 0 saturated heterocycles. The number of aliphatic carboxylic acids is 1. The summed E-state index contributed by atoms with van der Waals surface area (Å²) in [5.74, 6) is -1.01. The molecule has 149 valence electrons. The molecule has 0 heterocycles. The Hall–Kier alpha value is 0.576. The maximum atomic E-state index is 11.7. The fourth-order valence-electron chi connectivity index (χ4n) is 3.13. The van der Waals surface area contributed by atoms with Crippen molar-refractivity contribution in [3.8, 4) is 0 Å². The summed E-state index contributed by atoms with van der Waals surface area (Å²) in [4.78, 5) is 23.5. The molecule has 4 nitrogen and oxygen atoms in total. The van der Waals surface area contributed by atoms with E-state index in [9.17, 15) is 9.59 Å². The molecular weight excluding hydrogens is 353 g/mol. The van der Waals surface area contributed by atoms with Crippen molar-refractivity contribution in [1.29, 1.82) is 0 Å². The molecule has 0 fully saturated rings. The minimum Gasteiger partial charge on any atom is -0.480 e. The normalized spacial score (nSPS) is 10.4. The molecule has 0 saturated carbocycles. The van der Waals surface area contributed by atoms with E-state index in [2.05, 4.69) is 6.92 Å². The summed E-state index contributed by atoms with van der Waals surface area (Å²) in [6, 6.07) is 0. The van der Waals surface area contributed by atoms with Crippen LogP contribution in [0, 0.1) is 0 Å². The van der Waals surface area contributed by atoms with Gasteiger partial charge in [0.15, 0.2) is 0 Å². The van der Waals surface area contributed by atoms with Gasteiger partial charge >= 0.3 is 5.97 Å². The van der Waals surface area contributed by atoms with Crippen molar-refractivity contribution in [2.24, 2.45) is 0 Å². The van der Waals surface area contributed by atoms with E-state index in [1.54, 1.807) is 7.05 Å². The zero-order valence-electron chi connectivity index (χ0n) is 17.7. The number of carboxylic acid groups (broad SMARTS) is 1. The van der Waals surface area contributed by atoms with Crippen LogP contribution in [0.15, 0.2) is 0 Å². The van der Waals surface area contributed by atoms with Crippen LogP contribution in [0.4, 0.5) is 0 Å². The van der Waals surface area contributed by atoms with Crippen LogP contribution in [0.5, 0.6) is 0 Å². The zero-order chi connectivity index (χ0) is 18.8. The number of amides is 1. The molecule has 1 amide bonds. The second-order valence-corrected chi connectivity index (χ2v) is 7.34. The molecule has 0 spiro atoms. The van der Waals surface area contributed by atoms with Crippen LogP contribution < -0.4 is 0 Å². The molecule has 0 aliphatic heterocycles. The maximum Gasteiger partial charge on any atom is 0.323 e. The van der Waals surface area contributed by atoms with Crippen molar-refractivity contribution in [2.75, 3.05) is 13.6 Å². The summed E-state index contributed by atoms with van der Waals surface area (Å²) in [7, 11) is 1.56. The van der Waals surface area contributed by atoms with Crippen LogP contribution in [0.2, 0.25) is 0 Å². The van der Waals surface area contributed by atoms with Crippen molar-refractivity contribution in [3.05, 3.63) is 0 Å². The molecule has 5 heteroatoms. The minimum atomic E-state index is -0.952. The second kappa shape index (κ2) is 21.9. The Morgan fingerprint density at radius 2 is 1.04 bits per heavy atom. The molecule has 0 bridgehead atoms. The summed E-state index contributed by atoms with van der Waals surface area (Å²) < 4.78 is 0. The summed E-state index contributed by atoms with van der Waals surface area (Å²) in [6.07, 6.45) is 20.1. The predicted octanol–water partition coefficient (Wildman–Crippen LogP) is 5.41. The molecular formula is C21H41KNO3. The number of rotatable bonds is 18. The maximum absolute atomic E-state index is 11.7. The number of hydrogen-bond donors (Lipinski definition) is 1. The molecule has 1 N–H and O–H groups in total. The molecule has 26 heavy (non-hydrogen) atoms. The van der Waals surface area contributed by atoms with Crippen LogP contribution in [-0.2, 0) is 9.59 Å². The standard InChI is InChI=1S/C21H41NO3.K/c1-3-4-5-6-7-8-9-10-11-12-13-14-15-16-17-18-20(23)22(2)19-21(24)25;/h3-19H2,1-2H3,(H,24,25);. The Bertz CT molecular complexity index is 337. The first-order valence-corrected chi connectivity index (χ1v) is 10.5. The van der Waals surface area contributed by atoms with E-state index in [-0.39, 0.29) is 63.8 Å². The van der Waals surface area contributed by atoms with Gasteiger partial charge in [-0.05, 0) is 6.42 Å². The Labute approximate surface area is 204 Å². The third kappa shape index (κ3) is 20.9. The summed E-state index contributed by atoms with van der Waals surface area (Å²) >= 11 is 0. The van der Waals surface area contributed by atoms with E-state index in [1.807, 2.05) is 0 Å². The topological polar surface area (TPSA) is 57.6 Å². The van der Waals surface area contributed by atoms with Gasteiger partial charge in [-0.3, -0.25) is 9.59 Å². The predicted molar refractivity (Wildman–Crippen MR) is 111 cm³/mol. The summed E-state index contributed by atoms with van der Waals surface area (Å²) in [6.45, 7) is 2.07. The van der Waals surface area contributed by atoms with Crippen LogP contribution in [0.25, 0.3) is 0 Å². The molecule has 0 aliphatic carbocycles. The van der Waals surface area contributed by atoms with Gasteiger partial charge in [-0.15, -0.1) is 0 Å². The molecule has 0 atom stereocenters. The second-order valence-electron chi connectivity index (χ2n) is 7.34. The van der Waals surface area contributed by atoms with Crippen molar-refractivity contribution in [1.82, 2.24) is 4.90 Å². The number of carboxylic acids is 1. The van der Waals surface area contributed by atoms with Gasteiger partial charge < -0.3 is 10.0 Å². The van der Waals surface area contributed by atoms with E-state index >= 15 is 0 Å². The molecule has 0 aromatic heterocycles. The van der Waals surface area contributed by atoms with Gasteiger partial charge in [0.2, 0.25) is 5.91 Å². The van der Waals surface area contributed by atoms with Crippen LogP contribution in [0.1, 0.15) is 110 Å². The van der Waals surface area contributed by atoms with Gasteiger partial charge in [0, 0.05) is 64.9 Å². The van der Waals surface area contributed by atoms with Gasteiger partial charge in [0.1, 0.15) is 6.54 Å². The third-order valence-corrected chi connectivity index (χ3v) is 4.79. The Morgan fingerprint density at radius 3 is 1.38 bits per heavy atom. The van der Waals surface area contributed by atoms with Crippen molar-refractivity contribution in [2.45, 2.75) is 110 Å². The fourth-order valence-corrected chi connectivity index (χ4v) is 3.13. The number of nitrogens with zero attached hydrogens (tertiary/aromatic N) is 1. The molecule has 1 radical (unpaired) electrons. The summed E-state index contributed by atoms with van der Waals surface area (Å²) in [5.41, 5.74) is 0. The van der Waals surface area contributed by atoms with Gasteiger partial charge in [-0.2, -0.15) is 0 Å². The molecule has 0 aliphatic rings. The van der Waals surface area contributed by atoms with Gasteiger partial charge in [0.25, 0.3) is 0 Å². The summed E-state index contributed by atoms with van der Waals surface area (Å²) in [5, 5.41) is 8.64. The molecule has 0 unspecified atom stereocenters. The van der Waals surface area contributed by atoms with E-state index in [0.29, 0.717) is 6.42 Å². The average molecular weight is 395 g/mol. The Morgan fingerprint density at radius 1 is 0.692 bits per heavy atom. The van der Waals surface area contributed by atoms with Crippen molar-refractivity contribution >= 4 is 63.3 Å². The van der Waals surface area contributed by atoms with Crippen LogP contribution in [-0.4, -0.2) is 86.9 Å². The average Bonchev–Trinajstić information content (AvgIpc) is 2.57. The smallest absolute Gasteiger partial charge is 0.323 e. The largest absolute Gasteiger partial charge is 0.480 e. The van der Waals surface area contributed by atoms with Gasteiger partial charge in [-0.25, -0.2) is 0 Å². The fraction of sp³-hybridized carbons (Fsp3) is 0.905. The third-order valence-electron chi connectivity index (χ3n) is 4.79. The number of likely N-dealkylation sites (N-methyl/N-ethyl adjacent to an activating group) is 1. The first-order chi connectivity index (χ1) is 12.1. The van der Waals surface area contributed by atoms with Gasteiger partial charge in [-0.1, -0.05) is 96.8 Å². The number of hydrogen-bond acceptors (Lipinski definition) is 2. The first-order valence-electron chi connectivity index (χ1n) is 10.5. The van der Waals surface area contributed by atoms with Crippen molar-refractivity contribution < 1.29 is 14.7 Å².